The summed E-state index contributed by atoms with van der Waals surface area (Å²) in [6.45, 7) is 5.45. The molecule has 2 amide bonds. The van der Waals surface area contributed by atoms with Crippen LogP contribution in [0.1, 0.15) is 48.4 Å². The Hall–Kier alpha value is -3.65. The highest BCUT2D eigenvalue weighted by Crippen LogP contribution is 2.35. The Balaban J connectivity index is 1.93. The van der Waals surface area contributed by atoms with Crippen molar-refractivity contribution >= 4 is 39.8 Å². The summed E-state index contributed by atoms with van der Waals surface area (Å²) >= 11 is 1.03. The molecule has 2 N–H and O–H groups in total. The van der Waals surface area contributed by atoms with E-state index in [1.807, 2.05) is 19.1 Å². The van der Waals surface area contributed by atoms with E-state index in [0.717, 1.165) is 16.9 Å². The van der Waals surface area contributed by atoms with Crippen molar-refractivity contribution in [2.75, 3.05) is 24.4 Å². The minimum absolute atomic E-state index is 0.171. The molecule has 1 aromatic heterocycles. The van der Waals surface area contributed by atoms with Gasteiger partial charge in [-0.1, -0.05) is 23.8 Å². The van der Waals surface area contributed by atoms with E-state index in [0.29, 0.717) is 27.4 Å². The molecule has 8 heteroatoms. The summed E-state index contributed by atoms with van der Waals surface area (Å²) < 4.78 is 10.3. The lowest BCUT2D eigenvalue weighted by Crippen LogP contribution is -2.15. The number of aryl methyl sites for hydroxylation is 1. The molecule has 0 spiro atoms. The molecule has 0 saturated heterocycles. The van der Waals surface area contributed by atoms with Crippen LogP contribution < -0.4 is 15.4 Å². The normalized spacial score (nSPS) is 10.4. The number of nitrogens with one attached hydrogen (secondary N) is 2. The summed E-state index contributed by atoms with van der Waals surface area (Å²) in [6, 6.07) is 14.0. The van der Waals surface area contributed by atoms with E-state index < -0.39 is 11.9 Å². The third-order valence-corrected chi connectivity index (χ3v) is 5.91. The van der Waals surface area contributed by atoms with E-state index in [-0.39, 0.29) is 23.1 Å². The second-order valence-corrected chi connectivity index (χ2v) is 8.01. The van der Waals surface area contributed by atoms with Gasteiger partial charge >= 0.3 is 5.97 Å². The zero-order valence-corrected chi connectivity index (χ0v) is 19.1. The van der Waals surface area contributed by atoms with Crippen LogP contribution in [0.3, 0.4) is 0 Å². The SMILES string of the molecule is CCOC(=O)c1c(NC(=O)c2ccc(C)cc2)sc(C(=O)Nc2cccc(OC)c2)c1C. The number of rotatable bonds is 7. The average Bonchev–Trinajstić information content (AvgIpc) is 3.10. The van der Waals surface area contributed by atoms with Gasteiger partial charge in [0.15, 0.2) is 0 Å². The van der Waals surface area contributed by atoms with E-state index in [2.05, 4.69) is 10.6 Å². The van der Waals surface area contributed by atoms with Gasteiger partial charge in [-0.25, -0.2) is 4.79 Å². The molecule has 0 fully saturated rings. The van der Waals surface area contributed by atoms with Gasteiger partial charge in [0.25, 0.3) is 11.8 Å². The molecule has 1 heterocycles. The van der Waals surface area contributed by atoms with Crippen molar-refractivity contribution in [3.63, 3.8) is 0 Å². The third-order valence-electron chi connectivity index (χ3n) is 4.70. The fourth-order valence-corrected chi connectivity index (χ4v) is 4.12. The van der Waals surface area contributed by atoms with Crippen molar-refractivity contribution < 1.29 is 23.9 Å². The molecule has 3 rings (SSSR count). The van der Waals surface area contributed by atoms with Crippen LogP contribution in [0.4, 0.5) is 10.7 Å². The van der Waals surface area contributed by atoms with Gasteiger partial charge in [-0.3, -0.25) is 9.59 Å². The molecule has 2 aromatic carbocycles. The van der Waals surface area contributed by atoms with Gasteiger partial charge in [-0.05, 0) is 50.6 Å². The molecule has 0 aliphatic rings. The van der Waals surface area contributed by atoms with Crippen molar-refractivity contribution in [1.29, 1.82) is 0 Å². The maximum atomic E-state index is 13.0. The number of esters is 1. The molecular formula is C24H24N2O5S. The standard InChI is InChI=1S/C24H24N2O5S/c1-5-31-24(29)19-15(3)20(22(28)25-17-7-6-8-18(13-17)30-4)32-23(19)26-21(27)16-11-9-14(2)10-12-16/h6-13H,5H2,1-4H3,(H,25,28)(H,26,27). The lowest BCUT2D eigenvalue weighted by molar-refractivity contribution is 0.0527. The van der Waals surface area contributed by atoms with Crippen molar-refractivity contribution in [2.24, 2.45) is 0 Å². The zero-order chi connectivity index (χ0) is 23.3. The summed E-state index contributed by atoms with van der Waals surface area (Å²) in [7, 11) is 1.54. The van der Waals surface area contributed by atoms with Crippen molar-refractivity contribution in [2.45, 2.75) is 20.8 Å². The fourth-order valence-electron chi connectivity index (χ4n) is 3.04. The first-order valence-corrected chi connectivity index (χ1v) is 10.8. The number of amides is 2. The number of carbonyl (C=O) groups is 3. The Labute approximate surface area is 190 Å². The van der Waals surface area contributed by atoms with Crippen LogP contribution in [0.2, 0.25) is 0 Å². The lowest BCUT2D eigenvalue weighted by atomic mass is 10.1. The Morgan fingerprint density at radius 3 is 2.34 bits per heavy atom. The van der Waals surface area contributed by atoms with Crippen LogP contribution in [-0.4, -0.2) is 31.5 Å². The molecule has 0 unspecified atom stereocenters. The molecule has 3 aromatic rings. The molecule has 7 nitrogen and oxygen atoms in total. The van der Waals surface area contributed by atoms with E-state index in [4.69, 9.17) is 9.47 Å². The van der Waals surface area contributed by atoms with Crippen molar-refractivity contribution in [3.8, 4) is 5.75 Å². The lowest BCUT2D eigenvalue weighted by Gasteiger charge is -2.07. The molecule has 0 bridgehead atoms. The number of hydrogen-bond acceptors (Lipinski definition) is 6. The number of anilines is 2. The summed E-state index contributed by atoms with van der Waals surface area (Å²) in [5.41, 5.74) is 2.63. The monoisotopic (exact) mass is 452 g/mol. The Bertz CT molecular complexity index is 1150. The first kappa shape index (κ1) is 23.0. The van der Waals surface area contributed by atoms with Gasteiger partial charge in [0.1, 0.15) is 10.8 Å². The van der Waals surface area contributed by atoms with E-state index in [9.17, 15) is 14.4 Å². The minimum Gasteiger partial charge on any atom is -0.497 e. The molecule has 0 atom stereocenters. The van der Waals surface area contributed by atoms with Crippen LogP contribution in [0.15, 0.2) is 48.5 Å². The summed E-state index contributed by atoms with van der Waals surface area (Å²) in [5.74, 6) is -0.775. The number of hydrogen-bond donors (Lipinski definition) is 2. The highest BCUT2D eigenvalue weighted by Gasteiger charge is 2.27. The van der Waals surface area contributed by atoms with Crippen LogP contribution in [0, 0.1) is 13.8 Å². The van der Waals surface area contributed by atoms with Gasteiger partial charge in [-0.15, -0.1) is 11.3 Å². The van der Waals surface area contributed by atoms with Gasteiger partial charge in [-0.2, -0.15) is 0 Å². The van der Waals surface area contributed by atoms with E-state index in [1.54, 1.807) is 57.4 Å². The van der Waals surface area contributed by atoms with Gasteiger partial charge in [0, 0.05) is 17.3 Å². The Kier molecular flexibility index (Phi) is 7.27. The number of benzene rings is 2. The molecule has 32 heavy (non-hydrogen) atoms. The molecule has 0 radical (unpaired) electrons. The first-order chi connectivity index (χ1) is 15.3. The van der Waals surface area contributed by atoms with E-state index >= 15 is 0 Å². The van der Waals surface area contributed by atoms with Crippen LogP contribution >= 0.6 is 11.3 Å². The predicted octanol–water partition coefficient (Wildman–Crippen LogP) is 5.05. The molecule has 166 valence electrons. The highest BCUT2D eigenvalue weighted by molar-refractivity contribution is 7.19. The zero-order valence-electron chi connectivity index (χ0n) is 18.3. The fraction of sp³-hybridized carbons (Fsp3) is 0.208. The topological polar surface area (TPSA) is 93.7 Å². The second kappa shape index (κ2) is 10.1. The summed E-state index contributed by atoms with van der Waals surface area (Å²) in [5, 5.41) is 5.83. The highest BCUT2D eigenvalue weighted by atomic mass is 32.1. The van der Waals surface area contributed by atoms with Crippen molar-refractivity contribution in [1.82, 2.24) is 0 Å². The van der Waals surface area contributed by atoms with Crippen LogP contribution in [0.5, 0.6) is 5.75 Å². The average molecular weight is 453 g/mol. The van der Waals surface area contributed by atoms with Crippen molar-refractivity contribution in [3.05, 3.63) is 75.7 Å². The maximum Gasteiger partial charge on any atom is 0.341 e. The summed E-state index contributed by atoms with van der Waals surface area (Å²) in [6.07, 6.45) is 0. The van der Waals surface area contributed by atoms with Gasteiger partial charge in [0.2, 0.25) is 0 Å². The quantitative estimate of drug-likeness (QED) is 0.489. The van der Waals surface area contributed by atoms with Crippen LogP contribution in [-0.2, 0) is 4.74 Å². The third kappa shape index (κ3) is 5.15. The molecule has 0 aliphatic carbocycles. The number of ether oxygens (including phenoxy) is 2. The number of methoxy groups -OCH3 is 1. The summed E-state index contributed by atoms with van der Waals surface area (Å²) in [4.78, 5) is 38.6. The molecule has 0 aliphatic heterocycles. The van der Waals surface area contributed by atoms with Crippen LogP contribution in [0.25, 0.3) is 0 Å². The Morgan fingerprint density at radius 2 is 1.69 bits per heavy atom. The van der Waals surface area contributed by atoms with Gasteiger partial charge < -0.3 is 20.1 Å². The number of carbonyl (C=O) groups excluding carboxylic acids is 3. The molecule has 0 saturated carbocycles. The van der Waals surface area contributed by atoms with E-state index in [1.165, 1.54) is 0 Å². The predicted molar refractivity (Wildman–Crippen MR) is 125 cm³/mol. The minimum atomic E-state index is -0.596. The number of thiophene rings is 1. The smallest absolute Gasteiger partial charge is 0.341 e. The largest absolute Gasteiger partial charge is 0.497 e. The first-order valence-electron chi connectivity index (χ1n) is 9.98. The van der Waals surface area contributed by atoms with Gasteiger partial charge in [0.05, 0.1) is 24.2 Å². The maximum absolute atomic E-state index is 13.0. The Morgan fingerprint density at radius 1 is 0.969 bits per heavy atom. The second-order valence-electron chi connectivity index (χ2n) is 6.99. The molecular weight excluding hydrogens is 428 g/mol.